The van der Waals surface area contributed by atoms with Crippen molar-refractivity contribution in [3.8, 4) is 22.3 Å². The lowest BCUT2D eigenvalue weighted by atomic mass is 9.84. The van der Waals surface area contributed by atoms with Gasteiger partial charge in [0.15, 0.2) is 0 Å². The first kappa shape index (κ1) is 50.6. The van der Waals surface area contributed by atoms with E-state index in [0.29, 0.717) is 0 Å². The van der Waals surface area contributed by atoms with Gasteiger partial charge in [-0.15, -0.1) is 0 Å². The average Bonchev–Trinajstić information content (AvgIpc) is 3.64. The van der Waals surface area contributed by atoms with E-state index in [-0.39, 0.29) is 0 Å². The van der Waals surface area contributed by atoms with Crippen LogP contribution in [0.3, 0.4) is 0 Å². The van der Waals surface area contributed by atoms with E-state index in [0.717, 1.165) is 38.5 Å². The lowest BCUT2D eigenvalue weighted by Gasteiger charge is -2.32. The topological polar surface area (TPSA) is 6.48 Å². The molecule has 0 amide bonds. The van der Waals surface area contributed by atoms with Crippen LogP contribution in [-0.2, 0) is 38.5 Å². The zero-order valence-corrected chi connectivity index (χ0v) is 47.5. The Morgan fingerprint density at radius 2 is 0.641 bits per heavy atom. The largest absolute Gasteiger partial charge is 0.310 e. The minimum Gasteiger partial charge on any atom is -0.310 e. The number of nitrogens with zero attached hydrogens (tertiary/aromatic N) is 2. The first-order chi connectivity index (χ1) is 38.0. The van der Waals surface area contributed by atoms with Gasteiger partial charge < -0.3 is 9.80 Å². The molecule has 2 nitrogen and oxygen atoms in total. The molecule has 0 unspecified atom stereocenters. The number of rotatable bonds is 14. The minimum atomic E-state index is 0.969. The van der Waals surface area contributed by atoms with Crippen LogP contribution in [-0.4, -0.2) is 0 Å². The Bertz CT molecular complexity index is 3960. The first-order valence-electron chi connectivity index (χ1n) is 28.8. The van der Waals surface area contributed by atoms with Crippen LogP contribution >= 0.6 is 0 Å². The highest BCUT2D eigenvalue weighted by Crippen LogP contribution is 2.53. The molecule has 0 aromatic heterocycles. The molecule has 2 heteroatoms. The van der Waals surface area contributed by atoms with Crippen molar-refractivity contribution >= 4 is 88.0 Å². The summed E-state index contributed by atoms with van der Waals surface area (Å²) in [5, 5.41) is 12.5. The summed E-state index contributed by atoms with van der Waals surface area (Å²) in [6.07, 6.45) is 5.93. The van der Waals surface area contributed by atoms with Gasteiger partial charge in [-0.1, -0.05) is 151 Å². The predicted octanol–water partition coefficient (Wildman–Crippen LogP) is 21.8. The molecule has 78 heavy (non-hydrogen) atoms. The monoisotopic (exact) mass is 1010 g/mol. The molecule has 12 aromatic carbocycles. The third kappa shape index (κ3) is 8.58. The van der Waals surface area contributed by atoms with Gasteiger partial charge in [0, 0.05) is 44.3 Å². The van der Waals surface area contributed by atoms with E-state index in [4.69, 9.17) is 0 Å². The Balaban J connectivity index is 1.27. The van der Waals surface area contributed by atoms with Crippen molar-refractivity contribution in [2.75, 3.05) is 9.80 Å². The lowest BCUT2D eigenvalue weighted by Crippen LogP contribution is -2.14. The quantitative estimate of drug-likeness (QED) is 0.100. The molecule has 0 bridgehead atoms. The fraction of sp³-hybridized carbons (Fsp3) is 0.211. The van der Waals surface area contributed by atoms with Gasteiger partial charge in [0.05, 0.1) is 11.4 Å². The van der Waals surface area contributed by atoms with Crippen LogP contribution < -0.4 is 9.80 Å². The standard InChI is InChI=1S/C76H72N2/c1-11-51-29-31-61(43-53(51)13-3)77(63-37-47(7)65(15-5)48(8)38-63)73-45-71(59-27-25-55-21-17-19-23-57(55)41-59)67-34-36-70-74(78(62-32-30-52(12-2)54(14-4)44-62)64-39-49(9)66(16-6)50(10)40-64)46-72(68-33-35-69(73)75(67)76(68)70)60-28-26-56-22-18-20-24-58(56)42-60/h17-46H,11-16H2,1-10H3. The van der Waals surface area contributed by atoms with E-state index < -0.39 is 0 Å². The van der Waals surface area contributed by atoms with Gasteiger partial charge in [0.2, 0.25) is 0 Å². The summed E-state index contributed by atoms with van der Waals surface area (Å²) in [5.41, 5.74) is 25.7. The van der Waals surface area contributed by atoms with Gasteiger partial charge in [0.25, 0.3) is 0 Å². The van der Waals surface area contributed by atoms with E-state index in [1.165, 1.54) is 166 Å². The molecule has 0 fully saturated rings. The molecule has 0 spiro atoms. The van der Waals surface area contributed by atoms with E-state index in [2.05, 4.69) is 261 Å². The molecule has 12 rings (SSSR count). The molecule has 0 saturated heterocycles. The molecule has 0 atom stereocenters. The van der Waals surface area contributed by atoms with Crippen molar-refractivity contribution < 1.29 is 0 Å². The van der Waals surface area contributed by atoms with Crippen LogP contribution in [0.4, 0.5) is 34.1 Å². The number of benzene rings is 12. The summed E-state index contributed by atoms with van der Waals surface area (Å²) >= 11 is 0. The zero-order chi connectivity index (χ0) is 53.9. The van der Waals surface area contributed by atoms with E-state index >= 15 is 0 Å². The summed E-state index contributed by atoms with van der Waals surface area (Å²) in [6, 6.07) is 70.8. The highest BCUT2D eigenvalue weighted by atomic mass is 15.2. The number of hydrogen-bond donors (Lipinski definition) is 0. The second-order valence-corrected chi connectivity index (χ2v) is 21.9. The van der Waals surface area contributed by atoms with Crippen molar-refractivity contribution in [1.29, 1.82) is 0 Å². The number of aryl methyl sites for hydroxylation is 8. The molecule has 386 valence electrons. The Morgan fingerprint density at radius 1 is 0.282 bits per heavy atom. The Morgan fingerprint density at radius 3 is 1.00 bits per heavy atom. The average molecular weight is 1010 g/mol. The maximum atomic E-state index is 2.59. The van der Waals surface area contributed by atoms with Crippen molar-refractivity contribution in [3.63, 3.8) is 0 Å². The highest BCUT2D eigenvalue weighted by Gasteiger charge is 2.27. The van der Waals surface area contributed by atoms with E-state index in [1.807, 2.05) is 0 Å². The molecule has 0 radical (unpaired) electrons. The predicted molar refractivity (Wildman–Crippen MR) is 341 cm³/mol. The summed E-state index contributed by atoms with van der Waals surface area (Å²) < 4.78 is 0. The van der Waals surface area contributed by atoms with E-state index in [1.54, 1.807) is 0 Å². The third-order valence-corrected chi connectivity index (χ3v) is 17.5. The Kier molecular flexibility index (Phi) is 13.4. The first-order valence-corrected chi connectivity index (χ1v) is 28.8. The second-order valence-electron chi connectivity index (χ2n) is 21.9. The molecule has 12 aromatic rings. The molecule has 0 aliphatic rings. The molecular weight excluding hydrogens is 941 g/mol. The van der Waals surface area contributed by atoms with E-state index in [9.17, 15) is 0 Å². The normalized spacial score (nSPS) is 11.8. The summed E-state index contributed by atoms with van der Waals surface area (Å²) in [5.74, 6) is 0. The molecule has 0 aliphatic heterocycles. The Hall–Kier alpha value is -8.20. The maximum absolute atomic E-state index is 2.59. The van der Waals surface area contributed by atoms with Crippen LogP contribution in [0.2, 0.25) is 0 Å². The highest BCUT2D eigenvalue weighted by molar-refractivity contribution is 6.32. The summed E-state index contributed by atoms with van der Waals surface area (Å²) in [6.45, 7) is 22.9. The van der Waals surface area contributed by atoms with Crippen molar-refractivity contribution in [2.45, 2.75) is 108 Å². The van der Waals surface area contributed by atoms with Crippen LogP contribution in [0, 0.1) is 27.7 Å². The van der Waals surface area contributed by atoms with Gasteiger partial charge in [-0.3, -0.25) is 0 Å². The molecule has 0 N–H and O–H groups in total. The molecular formula is C76H72N2. The molecule has 0 saturated carbocycles. The van der Waals surface area contributed by atoms with Gasteiger partial charge in [-0.05, 0) is 249 Å². The number of fused-ring (bicyclic) bond motifs is 2. The van der Waals surface area contributed by atoms with Crippen molar-refractivity contribution in [1.82, 2.24) is 0 Å². The summed E-state index contributed by atoms with van der Waals surface area (Å²) in [7, 11) is 0. The summed E-state index contributed by atoms with van der Waals surface area (Å²) in [4.78, 5) is 5.18. The SMILES string of the molecule is CCc1ccc(N(c2cc(C)c(CC)c(C)c2)c2cc(-c3ccc4ccccc4c3)c3ccc4c(N(c5cc(C)c(CC)c(C)c5)c5ccc(CC)c(CC)c5)cc(-c5ccc6ccccc6c5)c5ccc2c3c54)cc1CC. The fourth-order valence-electron chi connectivity index (χ4n) is 13.5. The lowest BCUT2D eigenvalue weighted by molar-refractivity contribution is 1.03. The molecule has 0 aliphatic carbocycles. The smallest absolute Gasteiger partial charge is 0.0546 e. The zero-order valence-electron chi connectivity index (χ0n) is 47.5. The number of anilines is 6. The van der Waals surface area contributed by atoms with Crippen LogP contribution in [0.5, 0.6) is 0 Å². The van der Waals surface area contributed by atoms with Crippen LogP contribution in [0.15, 0.2) is 182 Å². The fourth-order valence-corrected chi connectivity index (χ4v) is 13.5. The van der Waals surface area contributed by atoms with Gasteiger partial charge in [0.1, 0.15) is 0 Å². The van der Waals surface area contributed by atoms with Gasteiger partial charge >= 0.3 is 0 Å². The van der Waals surface area contributed by atoms with Gasteiger partial charge in [-0.25, -0.2) is 0 Å². The minimum absolute atomic E-state index is 0.969. The second kappa shape index (κ2) is 20.6. The van der Waals surface area contributed by atoms with Crippen molar-refractivity contribution in [2.24, 2.45) is 0 Å². The van der Waals surface area contributed by atoms with Crippen molar-refractivity contribution in [3.05, 3.63) is 238 Å². The molecule has 0 heterocycles. The maximum Gasteiger partial charge on any atom is 0.0546 e. The van der Waals surface area contributed by atoms with Gasteiger partial charge in [-0.2, -0.15) is 0 Å². The third-order valence-electron chi connectivity index (χ3n) is 17.5. The number of hydrogen-bond acceptors (Lipinski definition) is 2. The van der Waals surface area contributed by atoms with Crippen LogP contribution in [0.1, 0.15) is 97.2 Å². The Labute approximate surface area is 463 Å². The van der Waals surface area contributed by atoms with Crippen LogP contribution in [0.25, 0.3) is 76.1 Å².